The van der Waals surface area contributed by atoms with E-state index in [-0.39, 0.29) is 11.5 Å². The highest BCUT2D eigenvalue weighted by Gasteiger charge is 2.15. The van der Waals surface area contributed by atoms with Crippen molar-refractivity contribution in [3.63, 3.8) is 0 Å². The SMILES string of the molecule is CC(C)=CCC/C(C)=C/C(O)C(O)/C(C)=C/CC/C(C)=C/Cc1cc(O)cc(C)c1O. The molecule has 0 saturated carbocycles. The molecule has 0 aromatic heterocycles. The van der Waals surface area contributed by atoms with E-state index < -0.39 is 12.2 Å². The van der Waals surface area contributed by atoms with E-state index in [1.165, 1.54) is 5.57 Å². The van der Waals surface area contributed by atoms with E-state index in [0.29, 0.717) is 17.5 Å². The van der Waals surface area contributed by atoms with Crippen molar-refractivity contribution in [2.45, 2.75) is 85.9 Å². The van der Waals surface area contributed by atoms with E-state index in [2.05, 4.69) is 19.9 Å². The van der Waals surface area contributed by atoms with E-state index in [1.807, 2.05) is 32.9 Å². The Morgan fingerprint density at radius 3 is 2.13 bits per heavy atom. The van der Waals surface area contributed by atoms with Crippen LogP contribution in [0.4, 0.5) is 0 Å². The molecule has 4 N–H and O–H groups in total. The molecule has 1 aromatic carbocycles. The summed E-state index contributed by atoms with van der Waals surface area (Å²) in [5.74, 6) is 0.377. The van der Waals surface area contributed by atoms with Gasteiger partial charge < -0.3 is 20.4 Å². The van der Waals surface area contributed by atoms with E-state index in [0.717, 1.165) is 42.4 Å². The van der Waals surface area contributed by atoms with Crippen LogP contribution in [0.2, 0.25) is 0 Å². The molecule has 172 valence electrons. The van der Waals surface area contributed by atoms with E-state index in [9.17, 15) is 20.4 Å². The van der Waals surface area contributed by atoms with Gasteiger partial charge in [0.1, 0.15) is 23.7 Å². The summed E-state index contributed by atoms with van der Waals surface area (Å²) in [6, 6.07) is 3.13. The predicted octanol–water partition coefficient (Wildman–Crippen LogP) is 6.04. The van der Waals surface area contributed by atoms with Gasteiger partial charge in [-0.15, -0.1) is 0 Å². The average molecular weight is 429 g/mol. The third kappa shape index (κ3) is 10.0. The van der Waals surface area contributed by atoms with Gasteiger partial charge in [-0.1, -0.05) is 41.0 Å². The summed E-state index contributed by atoms with van der Waals surface area (Å²) < 4.78 is 0. The van der Waals surface area contributed by atoms with Crippen LogP contribution in [0.1, 0.15) is 71.4 Å². The first-order valence-corrected chi connectivity index (χ1v) is 11.0. The molecule has 0 bridgehead atoms. The quantitative estimate of drug-likeness (QED) is 0.256. The molecule has 4 nitrogen and oxygen atoms in total. The summed E-state index contributed by atoms with van der Waals surface area (Å²) in [5.41, 5.74) is 5.64. The molecular weight excluding hydrogens is 388 g/mol. The maximum absolute atomic E-state index is 10.4. The fourth-order valence-corrected chi connectivity index (χ4v) is 3.35. The second-order valence-corrected chi connectivity index (χ2v) is 8.78. The fourth-order valence-electron chi connectivity index (χ4n) is 3.35. The van der Waals surface area contributed by atoms with Crippen molar-refractivity contribution < 1.29 is 20.4 Å². The summed E-state index contributed by atoms with van der Waals surface area (Å²) in [7, 11) is 0. The summed E-state index contributed by atoms with van der Waals surface area (Å²) in [6.07, 6.45) is 10.0. The average Bonchev–Trinajstić information content (AvgIpc) is 2.68. The minimum atomic E-state index is -0.907. The second kappa shape index (κ2) is 13.2. The first kappa shape index (κ1) is 26.7. The maximum atomic E-state index is 10.4. The first-order chi connectivity index (χ1) is 14.5. The Bertz CT molecular complexity index is 839. The number of hydrogen-bond donors (Lipinski definition) is 4. The van der Waals surface area contributed by atoms with Crippen LogP contribution in [-0.4, -0.2) is 32.6 Å². The van der Waals surface area contributed by atoms with Crippen molar-refractivity contribution in [1.82, 2.24) is 0 Å². The molecule has 0 fully saturated rings. The van der Waals surface area contributed by atoms with Crippen molar-refractivity contribution in [2.75, 3.05) is 0 Å². The number of allylic oxidation sites excluding steroid dienone is 6. The molecule has 2 atom stereocenters. The maximum Gasteiger partial charge on any atom is 0.122 e. The second-order valence-electron chi connectivity index (χ2n) is 8.78. The first-order valence-electron chi connectivity index (χ1n) is 11.0. The van der Waals surface area contributed by atoms with Crippen molar-refractivity contribution >= 4 is 0 Å². The number of aryl methyl sites for hydroxylation is 1. The van der Waals surface area contributed by atoms with Gasteiger partial charge in [-0.2, -0.15) is 0 Å². The van der Waals surface area contributed by atoms with Crippen LogP contribution in [0.5, 0.6) is 11.5 Å². The molecule has 4 heteroatoms. The predicted molar refractivity (Wildman–Crippen MR) is 129 cm³/mol. The number of phenols is 2. The van der Waals surface area contributed by atoms with Crippen LogP contribution in [0.25, 0.3) is 0 Å². The molecular formula is C27H40O4. The van der Waals surface area contributed by atoms with Gasteiger partial charge in [0.15, 0.2) is 0 Å². The lowest BCUT2D eigenvalue weighted by molar-refractivity contribution is 0.0724. The largest absolute Gasteiger partial charge is 0.508 e. The molecule has 0 aliphatic heterocycles. The van der Waals surface area contributed by atoms with Gasteiger partial charge in [0.25, 0.3) is 0 Å². The van der Waals surface area contributed by atoms with Crippen molar-refractivity contribution in [3.8, 4) is 11.5 Å². The van der Waals surface area contributed by atoms with Gasteiger partial charge in [0.05, 0.1) is 0 Å². The Kier molecular flexibility index (Phi) is 11.4. The molecule has 0 aliphatic rings. The number of benzene rings is 1. The topological polar surface area (TPSA) is 80.9 Å². The van der Waals surface area contributed by atoms with Crippen LogP contribution in [-0.2, 0) is 6.42 Å². The summed E-state index contributed by atoms with van der Waals surface area (Å²) in [6.45, 7) is 11.8. The van der Waals surface area contributed by atoms with Crippen LogP contribution >= 0.6 is 0 Å². The molecule has 0 heterocycles. The number of aliphatic hydroxyl groups excluding tert-OH is 2. The van der Waals surface area contributed by atoms with E-state index >= 15 is 0 Å². The van der Waals surface area contributed by atoms with Crippen molar-refractivity contribution in [1.29, 1.82) is 0 Å². The van der Waals surface area contributed by atoms with Crippen LogP contribution in [0, 0.1) is 6.92 Å². The highest BCUT2D eigenvalue weighted by molar-refractivity contribution is 5.46. The standard InChI is InChI=1S/C27H40O4/c1-18(2)9-7-11-20(4)15-25(29)27(31)21(5)12-8-10-19(3)13-14-23-17-24(28)16-22(6)26(23)30/h9,12-13,15-17,25,27-31H,7-8,10-11,14H2,1-6H3/b19-13+,20-15+,21-12+. The van der Waals surface area contributed by atoms with Gasteiger partial charge in [-0.25, -0.2) is 0 Å². The Hall–Kier alpha value is -2.30. The summed E-state index contributed by atoms with van der Waals surface area (Å²) in [5, 5.41) is 40.6. The number of aliphatic hydroxyl groups is 2. The van der Waals surface area contributed by atoms with E-state index in [1.54, 1.807) is 25.1 Å². The van der Waals surface area contributed by atoms with Gasteiger partial charge in [-0.05, 0) is 96.9 Å². The van der Waals surface area contributed by atoms with Crippen LogP contribution in [0.3, 0.4) is 0 Å². The van der Waals surface area contributed by atoms with Gasteiger partial charge >= 0.3 is 0 Å². The molecule has 0 amide bonds. The molecule has 0 aliphatic carbocycles. The Morgan fingerprint density at radius 1 is 0.871 bits per heavy atom. The number of hydrogen-bond acceptors (Lipinski definition) is 4. The summed E-state index contributed by atoms with van der Waals surface area (Å²) >= 11 is 0. The Labute approximate surface area is 188 Å². The molecule has 1 aromatic rings. The van der Waals surface area contributed by atoms with Crippen LogP contribution < -0.4 is 0 Å². The zero-order valence-corrected chi connectivity index (χ0v) is 19.9. The number of phenolic OH excluding ortho intramolecular Hbond substituents is 2. The summed E-state index contributed by atoms with van der Waals surface area (Å²) in [4.78, 5) is 0. The zero-order chi connectivity index (χ0) is 23.6. The normalized spacial score (nSPS) is 15.0. The minimum Gasteiger partial charge on any atom is -0.508 e. The van der Waals surface area contributed by atoms with Crippen molar-refractivity contribution in [2.24, 2.45) is 0 Å². The molecule has 0 radical (unpaired) electrons. The Balaban J connectivity index is 2.58. The Morgan fingerprint density at radius 2 is 1.48 bits per heavy atom. The van der Waals surface area contributed by atoms with E-state index in [4.69, 9.17) is 0 Å². The highest BCUT2D eigenvalue weighted by atomic mass is 16.3. The van der Waals surface area contributed by atoms with Gasteiger partial charge in [0, 0.05) is 5.56 Å². The molecule has 0 saturated heterocycles. The third-order valence-electron chi connectivity index (χ3n) is 5.38. The third-order valence-corrected chi connectivity index (χ3v) is 5.38. The highest BCUT2D eigenvalue weighted by Crippen LogP contribution is 2.28. The number of rotatable bonds is 11. The zero-order valence-electron chi connectivity index (χ0n) is 19.9. The lowest BCUT2D eigenvalue weighted by Gasteiger charge is -2.17. The van der Waals surface area contributed by atoms with Crippen LogP contribution in [0.15, 0.2) is 58.7 Å². The van der Waals surface area contributed by atoms with Crippen molar-refractivity contribution in [3.05, 3.63) is 69.9 Å². The monoisotopic (exact) mass is 428 g/mol. The molecule has 2 unspecified atom stereocenters. The van der Waals surface area contributed by atoms with Gasteiger partial charge in [0.2, 0.25) is 0 Å². The minimum absolute atomic E-state index is 0.156. The molecule has 1 rings (SSSR count). The molecule has 31 heavy (non-hydrogen) atoms. The number of aromatic hydroxyl groups is 2. The molecule has 0 spiro atoms. The lowest BCUT2D eigenvalue weighted by atomic mass is 9.99. The fraction of sp³-hybridized carbons (Fsp3) is 0.481. The van der Waals surface area contributed by atoms with Gasteiger partial charge in [-0.3, -0.25) is 0 Å². The lowest BCUT2D eigenvalue weighted by Crippen LogP contribution is -2.25. The smallest absolute Gasteiger partial charge is 0.122 e.